The highest BCUT2D eigenvalue weighted by atomic mass is 32.2. The van der Waals surface area contributed by atoms with E-state index in [0.717, 1.165) is 6.42 Å². The first-order valence-corrected chi connectivity index (χ1v) is 9.66. The summed E-state index contributed by atoms with van der Waals surface area (Å²) in [4.78, 5) is 4.01. The Balaban J connectivity index is 2.73. The summed E-state index contributed by atoms with van der Waals surface area (Å²) in [5.74, 6) is 0.483. The summed E-state index contributed by atoms with van der Waals surface area (Å²) < 4.78 is 37.8. The third-order valence-corrected chi connectivity index (χ3v) is 4.89. The molecule has 0 spiro atoms. The van der Waals surface area contributed by atoms with Crippen LogP contribution in [0.4, 0.5) is 5.69 Å². The van der Waals surface area contributed by atoms with E-state index >= 15 is 0 Å². The van der Waals surface area contributed by atoms with Crippen LogP contribution < -0.4 is 10.0 Å². The summed E-state index contributed by atoms with van der Waals surface area (Å²) in [6.07, 6.45) is 5.93. The molecule has 6 nitrogen and oxygen atoms in total. The molecule has 0 aromatic carbocycles. The molecule has 0 radical (unpaired) electrons. The summed E-state index contributed by atoms with van der Waals surface area (Å²) in [6.45, 7) is 2.97. The van der Waals surface area contributed by atoms with E-state index in [2.05, 4.69) is 15.0 Å². The smallest absolute Gasteiger partial charge is 0.244 e. The van der Waals surface area contributed by atoms with E-state index < -0.39 is 20.8 Å². The van der Waals surface area contributed by atoms with Crippen molar-refractivity contribution in [2.24, 2.45) is 0 Å². The molecule has 0 saturated heterocycles. The Morgan fingerprint density at radius 3 is 2.75 bits per heavy atom. The number of nitrogens with one attached hydrogen (secondary N) is 2. The molecule has 8 heteroatoms. The van der Waals surface area contributed by atoms with Crippen LogP contribution in [-0.2, 0) is 20.8 Å². The normalized spacial score (nSPS) is 13.1. The number of hydrogen-bond donors (Lipinski definition) is 2. The van der Waals surface area contributed by atoms with E-state index in [1.54, 1.807) is 18.5 Å². The van der Waals surface area contributed by atoms with Gasteiger partial charge < -0.3 is 5.32 Å². The molecule has 0 bridgehead atoms. The zero-order valence-electron chi connectivity index (χ0n) is 11.8. The van der Waals surface area contributed by atoms with Crippen molar-refractivity contribution in [2.45, 2.75) is 24.7 Å². The third-order valence-electron chi connectivity index (χ3n) is 2.54. The van der Waals surface area contributed by atoms with E-state index in [0.29, 0.717) is 24.4 Å². The minimum absolute atomic E-state index is 0.145. The quantitative estimate of drug-likeness (QED) is 0.662. The molecule has 2 N–H and O–H groups in total. The molecule has 1 heterocycles. The second-order valence-corrected chi connectivity index (χ2v) is 7.62. The molecular weight excluding hydrogens is 298 g/mol. The second-order valence-electron chi connectivity index (χ2n) is 4.33. The fourth-order valence-corrected chi connectivity index (χ4v) is 3.31. The van der Waals surface area contributed by atoms with Gasteiger partial charge in [0.15, 0.2) is 0 Å². The van der Waals surface area contributed by atoms with Gasteiger partial charge in [0, 0.05) is 48.3 Å². The van der Waals surface area contributed by atoms with Crippen LogP contribution in [0.15, 0.2) is 23.4 Å². The molecule has 0 aliphatic rings. The number of pyridine rings is 1. The molecule has 0 amide bonds. The average Bonchev–Trinajstić information content (AvgIpc) is 2.41. The Kier molecular flexibility index (Phi) is 7.11. The average molecular weight is 319 g/mol. The first-order chi connectivity index (χ1) is 9.47. The summed E-state index contributed by atoms with van der Waals surface area (Å²) in [5.41, 5.74) is 0.549. The lowest BCUT2D eigenvalue weighted by molar-refractivity contribution is 0.580. The molecule has 20 heavy (non-hydrogen) atoms. The van der Waals surface area contributed by atoms with E-state index in [4.69, 9.17) is 0 Å². The van der Waals surface area contributed by atoms with Crippen LogP contribution >= 0.6 is 0 Å². The van der Waals surface area contributed by atoms with Crippen molar-refractivity contribution < 1.29 is 12.6 Å². The summed E-state index contributed by atoms with van der Waals surface area (Å²) >= 11 is 0. The van der Waals surface area contributed by atoms with Gasteiger partial charge in [0.2, 0.25) is 10.0 Å². The highest BCUT2D eigenvalue weighted by Gasteiger charge is 2.18. The van der Waals surface area contributed by atoms with Gasteiger partial charge in [-0.3, -0.25) is 9.19 Å². The molecular formula is C12H21N3O3S2. The standard InChI is InChI=1S/C12H21N3O3S2/c1-3-6-14-11-5-8-13-10-12(11)20(17,18)15-7-4-9-19(2)16/h5,8,10,15H,3-4,6-7,9H2,1-2H3,(H,13,14). The molecule has 114 valence electrons. The van der Waals surface area contributed by atoms with Gasteiger partial charge in [-0.2, -0.15) is 0 Å². The van der Waals surface area contributed by atoms with Gasteiger partial charge in [0.1, 0.15) is 4.90 Å². The molecule has 0 fully saturated rings. The number of aromatic nitrogens is 1. The molecule has 1 unspecified atom stereocenters. The lowest BCUT2D eigenvalue weighted by atomic mass is 10.4. The van der Waals surface area contributed by atoms with E-state index in [-0.39, 0.29) is 11.4 Å². The largest absolute Gasteiger partial charge is 0.384 e. The van der Waals surface area contributed by atoms with Gasteiger partial charge in [0.25, 0.3) is 0 Å². The minimum Gasteiger partial charge on any atom is -0.384 e. The third kappa shape index (κ3) is 5.56. The topological polar surface area (TPSA) is 88.2 Å². The highest BCUT2D eigenvalue weighted by Crippen LogP contribution is 2.19. The first-order valence-electron chi connectivity index (χ1n) is 6.45. The first kappa shape index (κ1) is 17.1. The number of anilines is 1. The van der Waals surface area contributed by atoms with Crippen LogP contribution in [0.2, 0.25) is 0 Å². The van der Waals surface area contributed by atoms with Gasteiger partial charge in [0.05, 0.1) is 5.69 Å². The van der Waals surface area contributed by atoms with Crippen molar-refractivity contribution in [3.63, 3.8) is 0 Å². The predicted molar refractivity (Wildman–Crippen MR) is 81.8 cm³/mol. The van der Waals surface area contributed by atoms with Crippen LogP contribution in [-0.4, -0.2) is 42.7 Å². The van der Waals surface area contributed by atoms with Crippen molar-refractivity contribution in [1.82, 2.24) is 9.71 Å². The minimum atomic E-state index is -3.59. The predicted octanol–water partition coefficient (Wildman–Crippen LogP) is 0.950. The fraction of sp³-hybridized carbons (Fsp3) is 0.583. The maximum absolute atomic E-state index is 12.2. The van der Waals surface area contributed by atoms with Gasteiger partial charge >= 0.3 is 0 Å². The zero-order valence-corrected chi connectivity index (χ0v) is 13.4. The number of hydrogen-bond acceptors (Lipinski definition) is 5. The summed E-state index contributed by atoms with van der Waals surface area (Å²) in [6, 6.07) is 1.64. The molecule has 1 aromatic rings. The molecule has 0 saturated carbocycles. The number of nitrogens with zero attached hydrogens (tertiary/aromatic N) is 1. The van der Waals surface area contributed by atoms with Crippen LogP contribution in [0.25, 0.3) is 0 Å². The maximum Gasteiger partial charge on any atom is 0.244 e. The van der Waals surface area contributed by atoms with Gasteiger partial charge in [-0.05, 0) is 18.9 Å². The van der Waals surface area contributed by atoms with Gasteiger partial charge in [-0.1, -0.05) is 6.92 Å². The lowest BCUT2D eigenvalue weighted by Crippen LogP contribution is -2.26. The molecule has 0 aliphatic heterocycles. The fourth-order valence-electron chi connectivity index (χ4n) is 1.56. The van der Waals surface area contributed by atoms with Crippen molar-refractivity contribution in [2.75, 3.05) is 30.4 Å². The molecule has 1 aromatic heterocycles. The van der Waals surface area contributed by atoms with E-state index in [9.17, 15) is 12.6 Å². The Bertz CT molecular complexity index is 547. The summed E-state index contributed by atoms with van der Waals surface area (Å²) in [7, 11) is -4.50. The zero-order chi connectivity index (χ0) is 15.0. The van der Waals surface area contributed by atoms with Crippen LogP contribution in [0, 0.1) is 0 Å². The van der Waals surface area contributed by atoms with Crippen LogP contribution in [0.3, 0.4) is 0 Å². The monoisotopic (exact) mass is 319 g/mol. The van der Waals surface area contributed by atoms with Gasteiger partial charge in [-0.25, -0.2) is 13.1 Å². The Hall–Kier alpha value is -0.990. The van der Waals surface area contributed by atoms with Crippen molar-refractivity contribution in [3.05, 3.63) is 18.5 Å². The molecule has 0 aliphatic carbocycles. The lowest BCUT2D eigenvalue weighted by Gasteiger charge is -2.12. The van der Waals surface area contributed by atoms with Gasteiger partial charge in [-0.15, -0.1) is 0 Å². The van der Waals surface area contributed by atoms with E-state index in [1.165, 1.54) is 6.20 Å². The SMILES string of the molecule is CCCNc1ccncc1S(=O)(=O)NCCCS(C)=O. The number of rotatable bonds is 9. The van der Waals surface area contributed by atoms with Crippen LogP contribution in [0.1, 0.15) is 19.8 Å². The van der Waals surface area contributed by atoms with Crippen LogP contribution in [0.5, 0.6) is 0 Å². The Labute approximate surface area is 122 Å². The Morgan fingerprint density at radius 2 is 2.10 bits per heavy atom. The van der Waals surface area contributed by atoms with Crippen molar-refractivity contribution in [3.8, 4) is 0 Å². The summed E-state index contributed by atoms with van der Waals surface area (Å²) in [5, 5.41) is 3.07. The molecule has 1 rings (SSSR count). The van der Waals surface area contributed by atoms with Crippen molar-refractivity contribution in [1.29, 1.82) is 0 Å². The Morgan fingerprint density at radius 1 is 1.35 bits per heavy atom. The second kappa shape index (κ2) is 8.33. The van der Waals surface area contributed by atoms with Crippen molar-refractivity contribution >= 4 is 26.5 Å². The number of sulfonamides is 1. The maximum atomic E-state index is 12.2. The highest BCUT2D eigenvalue weighted by molar-refractivity contribution is 7.89. The molecule has 1 atom stereocenters. The van der Waals surface area contributed by atoms with E-state index in [1.807, 2.05) is 6.92 Å².